The first kappa shape index (κ1) is 14.5. The van der Waals surface area contributed by atoms with Crippen molar-refractivity contribution in [2.75, 3.05) is 18.9 Å². The molecule has 1 aromatic rings. The Hall–Kier alpha value is -0.550. The topological polar surface area (TPSA) is 52.5 Å². The van der Waals surface area contributed by atoms with Crippen LogP contribution in [0.5, 0.6) is 0 Å². The summed E-state index contributed by atoms with van der Waals surface area (Å²) in [6, 6.07) is 8.17. The van der Waals surface area contributed by atoms with Crippen LogP contribution >= 0.6 is 11.8 Å². The van der Waals surface area contributed by atoms with Crippen molar-refractivity contribution in [2.45, 2.75) is 30.9 Å². The molecule has 0 saturated carbocycles. The average molecular weight is 255 g/mol. The molecular weight excluding hydrogens is 234 g/mol. The Bertz CT molecular complexity index is 320. The molecule has 1 atom stereocenters. The molecule has 0 aromatic heterocycles. The molecule has 96 valence electrons. The van der Waals surface area contributed by atoms with Gasteiger partial charge in [-0.2, -0.15) is 0 Å². The number of thioether (sulfide) groups is 1. The highest BCUT2D eigenvalue weighted by Crippen LogP contribution is 2.23. The molecule has 0 aliphatic heterocycles. The Kier molecular flexibility index (Phi) is 7.28. The molecule has 1 unspecified atom stereocenters. The molecule has 17 heavy (non-hydrogen) atoms. The third-order valence-corrected chi connectivity index (χ3v) is 3.62. The van der Waals surface area contributed by atoms with Gasteiger partial charge < -0.3 is 15.5 Å². The van der Waals surface area contributed by atoms with E-state index in [0.717, 1.165) is 19.5 Å². The minimum Gasteiger partial charge on any atom is -0.394 e. The molecule has 1 rings (SSSR count). The van der Waals surface area contributed by atoms with Gasteiger partial charge in [0.15, 0.2) is 0 Å². The third-order valence-electron chi connectivity index (χ3n) is 2.36. The van der Waals surface area contributed by atoms with Crippen molar-refractivity contribution in [1.82, 2.24) is 5.32 Å². The summed E-state index contributed by atoms with van der Waals surface area (Å²) >= 11 is 1.59. The van der Waals surface area contributed by atoms with Gasteiger partial charge in [-0.1, -0.05) is 25.1 Å². The van der Waals surface area contributed by atoms with Crippen molar-refractivity contribution < 1.29 is 10.2 Å². The summed E-state index contributed by atoms with van der Waals surface area (Å²) in [4.78, 5) is 1.17. The molecule has 1 aromatic carbocycles. The van der Waals surface area contributed by atoms with Crippen molar-refractivity contribution in [1.29, 1.82) is 0 Å². The van der Waals surface area contributed by atoms with Gasteiger partial charge in [-0.15, -0.1) is 11.8 Å². The van der Waals surface area contributed by atoms with Crippen LogP contribution in [0.4, 0.5) is 0 Å². The van der Waals surface area contributed by atoms with Crippen molar-refractivity contribution in [3.63, 3.8) is 0 Å². The fourth-order valence-electron chi connectivity index (χ4n) is 1.43. The quantitative estimate of drug-likeness (QED) is 0.488. The molecule has 0 amide bonds. The number of hydrogen-bond acceptors (Lipinski definition) is 4. The molecule has 0 bridgehead atoms. The van der Waals surface area contributed by atoms with Crippen LogP contribution in [-0.2, 0) is 6.54 Å². The number of rotatable bonds is 8. The van der Waals surface area contributed by atoms with Crippen LogP contribution in [0.3, 0.4) is 0 Å². The Labute approximate surface area is 107 Å². The third kappa shape index (κ3) is 5.55. The Morgan fingerprint density at radius 2 is 2.12 bits per heavy atom. The molecule has 0 fully saturated rings. The van der Waals surface area contributed by atoms with E-state index in [1.165, 1.54) is 10.5 Å². The van der Waals surface area contributed by atoms with Crippen molar-refractivity contribution in [2.24, 2.45) is 0 Å². The van der Waals surface area contributed by atoms with E-state index in [-0.39, 0.29) is 6.61 Å². The molecular formula is C13H21NO2S. The first-order valence-electron chi connectivity index (χ1n) is 5.98. The molecule has 0 aliphatic rings. The van der Waals surface area contributed by atoms with Crippen LogP contribution in [0.1, 0.15) is 18.9 Å². The van der Waals surface area contributed by atoms with Gasteiger partial charge >= 0.3 is 0 Å². The van der Waals surface area contributed by atoms with Crippen LogP contribution in [-0.4, -0.2) is 35.2 Å². The Morgan fingerprint density at radius 3 is 2.82 bits per heavy atom. The van der Waals surface area contributed by atoms with Crippen LogP contribution in [0, 0.1) is 0 Å². The number of aliphatic hydroxyl groups excluding tert-OH is 2. The van der Waals surface area contributed by atoms with Crippen molar-refractivity contribution >= 4 is 11.8 Å². The predicted octanol–water partition coefficient (Wildman–Crippen LogP) is 1.63. The zero-order valence-corrected chi connectivity index (χ0v) is 11.0. The summed E-state index contributed by atoms with van der Waals surface area (Å²) in [6.07, 6.45) is 0.482. The van der Waals surface area contributed by atoms with E-state index in [2.05, 4.69) is 24.4 Å². The van der Waals surface area contributed by atoms with Gasteiger partial charge in [-0.3, -0.25) is 0 Å². The molecule has 0 aliphatic carbocycles. The molecule has 3 N–H and O–H groups in total. The maximum absolute atomic E-state index is 9.34. The number of aliphatic hydroxyl groups is 2. The van der Waals surface area contributed by atoms with E-state index in [0.29, 0.717) is 5.75 Å². The second kappa shape index (κ2) is 8.53. The monoisotopic (exact) mass is 255 g/mol. The fraction of sp³-hybridized carbons (Fsp3) is 0.538. The number of nitrogens with one attached hydrogen (secondary N) is 1. The smallest absolute Gasteiger partial charge is 0.0864 e. The second-order valence-electron chi connectivity index (χ2n) is 3.93. The van der Waals surface area contributed by atoms with E-state index in [4.69, 9.17) is 5.11 Å². The van der Waals surface area contributed by atoms with Crippen LogP contribution in [0.2, 0.25) is 0 Å². The minimum atomic E-state index is -0.642. The van der Waals surface area contributed by atoms with Crippen LogP contribution in [0.25, 0.3) is 0 Å². The fourth-order valence-corrected chi connectivity index (χ4v) is 2.41. The normalized spacial score (nSPS) is 12.6. The predicted molar refractivity (Wildman–Crippen MR) is 72.3 cm³/mol. The maximum Gasteiger partial charge on any atom is 0.0864 e. The lowest BCUT2D eigenvalue weighted by atomic mass is 10.2. The van der Waals surface area contributed by atoms with Gasteiger partial charge in [-0.05, 0) is 24.6 Å². The maximum atomic E-state index is 9.34. The molecule has 0 radical (unpaired) electrons. The summed E-state index contributed by atoms with van der Waals surface area (Å²) in [5.41, 5.74) is 1.25. The average Bonchev–Trinajstić information content (AvgIpc) is 2.37. The largest absolute Gasteiger partial charge is 0.394 e. The van der Waals surface area contributed by atoms with Gasteiger partial charge in [0.1, 0.15) is 0 Å². The van der Waals surface area contributed by atoms with Crippen LogP contribution in [0.15, 0.2) is 29.2 Å². The first-order chi connectivity index (χ1) is 8.27. The highest BCUT2D eigenvalue weighted by atomic mass is 32.2. The highest BCUT2D eigenvalue weighted by Gasteiger charge is 2.06. The minimum absolute atomic E-state index is 0.177. The van der Waals surface area contributed by atoms with E-state index in [1.54, 1.807) is 11.8 Å². The zero-order valence-electron chi connectivity index (χ0n) is 10.2. The first-order valence-corrected chi connectivity index (χ1v) is 6.96. The lowest BCUT2D eigenvalue weighted by molar-refractivity contribution is 0.113. The SMILES string of the molecule is CCCNCc1ccccc1SCC(O)CO. The molecule has 0 heterocycles. The highest BCUT2D eigenvalue weighted by molar-refractivity contribution is 7.99. The Balaban J connectivity index is 2.51. The lowest BCUT2D eigenvalue weighted by Gasteiger charge is -2.11. The summed E-state index contributed by atoms with van der Waals surface area (Å²) in [6.45, 7) is 3.83. The van der Waals surface area contributed by atoms with Crippen LogP contribution < -0.4 is 5.32 Å². The zero-order chi connectivity index (χ0) is 12.5. The summed E-state index contributed by atoms with van der Waals surface area (Å²) < 4.78 is 0. The van der Waals surface area contributed by atoms with E-state index in [9.17, 15) is 5.11 Å². The summed E-state index contributed by atoms with van der Waals surface area (Å²) in [7, 11) is 0. The van der Waals surface area contributed by atoms with Gasteiger partial charge in [-0.25, -0.2) is 0 Å². The lowest BCUT2D eigenvalue weighted by Crippen LogP contribution is -2.16. The van der Waals surface area contributed by atoms with E-state index < -0.39 is 6.10 Å². The van der Waals surface area contributed by atoms with Crippen molar-refractivity contribution in [3.05, 3.63) is 29.8 Å². The van der Waals surface area contributed by atoms with Gasteiger partial charge in [0, 0.05) is 17.2 Å². The Morgan fingerprint density at radius 1 is 1.35 bits per heavy atom. The van der Waals surface area contributed by atoms with Gasteiger partial charge in [0.2, 0.25) is 0 Å². The molecule has 0 spiro atoms. The standard InChI is InChI=1S/C13H21NO2S/c1-2-7-14-8-11-5-3-4-6-13(11)17-10-12(16)9-15/h3-6,12,14-16H,2,7-10H2,1H3. The van der Waals surface area contributed by atoms with E-state index >= 15 is 0 Å². The van der Waals surface area contributed by atoms with E-state index in [1.807, 2.05) is 12.1 Å². The number of hydrogen-bond donors (Lipinski definition) is 3. The van der Waals surface area contributed by atoms with Crippen molar-refractivity contribution in [3.8, 4) is 0 Å². The van der Waals surface area contributed by atoms with Gasteiger partial charge in [0.25, 0.3) is 0 Å². The molecule has 3 nitrogen and oxygen atoms in total. The molecule has 0 saturated heterocycles. The number of benzene rings is 1. The van der Waals surface area contributed by atoms with Gasteiger partial charge in [0.05, 0.1) is 12.7 Å². The summed E-state index contributed by atoms with van der Waals surface area (Å²) in [5, 5.41) is 21.5. The molecule has 4 heteroatoms. The summed E-state index contributed by atoms with van der Waals surface area (Å²) in [5.74, 6) is 0.529. The second-order valence-corrected chi connectivity index (χ2v) is 4.99.